The zero-order chi connectivity index (χ0) is 18.9. The van der Waals surface area contributed by atoms with E-state index < -0.39 is 0 Å². The first kappa shape index (κ1) is 17.9. The summed E-state index contributed by atoms with van der Waals surface area (Å²) in [5.74, 6) is 0.550. The fourth-order valence-corrected chi connectivity index (χ4v) is 3.89. The quantitative estimate of drug-likeness (QED) is 0.818. The van der Waals surface area contributed by atoms with Crippen LogP contribution in [0.2, 0.25) is 0 Å². The summed E-state index contributed by atoms with van der Waals surface area (Å²) in [4.78, 5) is 22.8. The van der Waals surface area contributed by atoms with E-state index in [0.29, 0.717) is 31.3 Å². The van der Waals surface area contributed by atoms with Crippen LogP contribution in [0.1, 0.15) is 41.9 Å². The summed E-state index contributed by atoms with van der Waals surface area (Å²) < 4.78 is 13.9. The molecule has 2 saturated heterocycles. The number of aryl methyl sites for hydroxylation is 2. The Morgan fingerprint density at radius 1 is 1.33 bits per heavy atom. The monoisotopic (exact) mass is 371 g/mol. The van der Waals surface area contributed by atoms with Gasteiger partial charge in [0.25, 0.3) is 5.91 Å². The second-order valence-corrected chi connectivity index (χ2v) is 7.39. The molecule has 4 rings (SSSR count). The van der Waals surface area contributed by atoms with E-state index >= 15 is 0 Å². The van der Waals surface area contributed by atoms with E-state index in [0.717, 1.165) is 31.4 Å². The van der Waals surface area contributed by atoms with Gasteiger partial charge in [0.15, 0.2) is 5.69 Å². The van der Waals surface area contributed by atoms with Crippen molar-refractivity contribution < 1.29 is 14.3 Å². The molecular weight excluding hydrogens is 346 g/mol. The van der Waals surface area contributed by atoms with Crippen molar-refractivity contribution >= 4 is 5.91 Å². The number of carbonyl (C=O) groups is 1. The van der Waals surface area contributed by atoms with Crippen LogP contribution in [-0.4, -0.2) is 62.0 Å². The van der Waals surface area contributed by atoms with Crippen molar-refractivity contribution in [2.45, 2.75) is 44.3 Å². The van der Waals surface area contributed by atoms with E-state index in [9.17, 15) is 4.79 Å². The van der Waals surface area contributed by atoms with Gasteiger partial charge in [-0.25, -0.2) is 4.98 Å². The van der Waals surface area contributed by atoms with Crippen LogP contribution in [0, 0.1) is 6.92 Å². The molecule has 2 aromatic rings. The van der Waals surface area contributed by atoms with Crippen LogP contribution >= 0.6 is 0 Å². The molecule has 0 bridgehead atoms. The minimum atomic E-state index is -0.220. The lowest BCUT2D eigenvalue weighted by atomic mass is 9.83. The molecule has 4 heterocycles. The molecule has 1 amide bonds. The standard InChI is InChI=1S/C19H25N5O3/c1-14-11-16(22-23(14)2)18(25)24-8-4-19(5-9-24)12-15(3-10-26-19)27-17-13-20-6-7-21-17/h6-7,11,13,15H,3-5,8-10,12H2,1-2H3. The normalized spacial score (nSPS) is 22.0. The lowest BCUT2D eigenvalue weighted by molar-refractivity contribution is -0.135. The summed E-state index contributed by atoms with van der Waals surface area (Å²) in [7, 11) is 1.85. The number of piperidine rings is 1. The molecule has 27 heavy (non-hydrogen) atoms. The Hall–Kier alpha value is -2.48. The van der Waals surface area contributed by atoms with Crippen molar-refractivity contribution in [1.29, 1.82) is 0 Å². The molecule has 2 fully saturated rings. The van der Waals surface area contributed by atoms with E-state index in [1.807, 2.05) is 24.9 Å². The molecule has 1 unspecified atom stereocenters. The van der Waals surface area contributed by atoms with Gasteiger partial charge in [-0.05, 0) is 25.8 Å². The molecule has 0 aromatic carbocycles. The maximum Gasteiger partial charge on any atom is 0.274 e. The Morgan fingerprint density at radius 3 is 2.81 bits per heavy atom. The summed E-state index contributed by atoms with van der Waals surface area (Å²) in [5, 5.41) is 4.31. The van der Waals surface area contributed by atoms with E-state index in [1.165, 1.54) is 0 Å². The number of nitrogens with zero attached hydrogens (tertiary/aromatic N) is 5. The number of hydrogen-bond donors (Lipinski definition) is 0. The van der Waals surface area contributed by atoms with Crippen molar-refractivity contribution in [2.24, 2.45) is 7.05 Å². The van der Waals surface area contributed by atoms with Crippen LogP contribution in [0.15, 0.2) is 24.7 Å². The number of likely N-dealkylation sites (tertiary alicyclic amines) is 1. The highest BCUT2D eigenvalue weighted by Gasteiger charge is 2.42. The Kier molecular flexibility index (Phi) is 4.82. The fourth-order valence-electron chi connectivity index (χ4n) is 3.89. The van der Waals surface area contributed by atoms with Crippen molar-refractivity contribution in [1.82, 2.24) is 24.6 Å². The Morgan fingerprint density at radius 2 is 2.15 bits per heavy atom. The molecule has 1 atom stereocenters. The molecular formula is C19H25N5O3. The average molecular weight is 371 g/mol. The molecule has 8 nitrogen and oxygen atoms in total. The largest absolute Gasteiger partial charge is 0.473 e. The predicted octanol–water partition coefficient (Wildman–Crippen LogP) is 1.75. The van der Waals surface area contributed by atoms with Gasteiger partial charge in [-0.3, -0.25) is 14.5 Å². The molecule has 2 aliphatic rings. The lowest BCUT2D eigenvalue weighted by Crippen LogP contribution is -2.52. The van der Waals surface area contributed by atoms with Crippen LogP contribution in [0.25, 0.3) is 0 Å². The van der Waals surface area contributed by atoms with Crippen molar-refractivity contribution in [2.75, 3.05) is 19.7 Å². The van der Waals surface area contributed by atoms with Gasteiger partial charge in [-0.15, -0.1) is 0 Å². The van der Waals surface area contributed by atoms with E-state index in [4.69, 9.17) is 9.47 Å². The predicted molar refractivity (Wildman–Crippen MR) is 97.4 cm³/mol. The molecule has 2 aliphatic heterocycles. The SMILES string of the molecule is Cc1cc(C(=O)N2CCC3(CC2)CC(Oc2cnccn2)CCO3)nn1C. The number of aromatic nitrogens is 4. The van der Waals surface area contributed by atoms with Gasteiger partial charge in [-0.2, -0.15) is 5.10 Å². The smallest absolute Gasteiger partial charge is 0.274 e. The molecule has 144 valence electrons. The molecule has 0 aliphatic carbocycles. The molecule has 2 aromatic heterocycles. The topological polar surface area (TPSA) is 82.4 Å². The van der Waals surface area contributed by atoms with Gasteiger partial charge < -0.3 is 14.4 Å². The first-order valence-electron chi connectivity index (χ1n) is 9.41. The molecule has 0 saturated carbocycles. The zero-order valence-corrected chi connectivity index (χ0v) is 15.8. The zero-order valence-electron chi connectivity index (χ0n) is 15.8. The van der Waals surface area contributed by atoms with Crippen LogP contribution in [-0.2, 0) is 11.8 Å². The molecule has 8 heteroatoms. The summed E-state index contributed by atoms with van der Waals surface area (Å²) in [6.45, 7) is 3.96. The molecule has 1 spiro atoms. The van der Waals surface area contributed by atoms with Gasteiger partial charge in [0.05, 0.1) is 18.4 Å². The van der Waals surface area contributed by atoms with E-state index in [2.05, 4.69) is 15.1 Å². The van der Waals surface area contributed by atoms with E-state index in [1.54, 1.807) is 23.3 Å². The number of ether oxygens (including phenoxy) is 2. The van der Waals surface area contributed by atoms with Crippen LogP contribution in [0.5, 0.6) is 5.88 Å². The maximum atomic E-state index is 12.7. The van der Waals surface area contributed by atoms with Crippen LogP contribution in [0.3, 0.4) is 0 Å². The first-order valence-corrected chi connectivity index (χ1v) is 9.41. The summed E-state index contributed by atoms with van der Waals surface area (Å²) >= 11 is 0. The lowest BCUT2D eigenvalue weighted by Gasteiger charge is -2.45. The third kappa shape index (κ3) is 3.80. The third-order valence-corrected chi connectivity index (χ3v) is 5.57. The average Bonchev–Trinajstić information content (AvgIpc) is 3.02. The Labute approximate surface area is 158 Å². The minimum Gasteiger partial charge on any atom is -0.473 e. The molecule has 0 radical (unpaired) electrons. The van der Waals surface area contributed by atoms with Crippen LogP contribution < -0.4 is 4.74 Å². The second-order valence-electron chi connectivity index (χ2n) is 7.39. The Bertz CT molecular complexity index is 779. The van der Waals surface area contributed by atoms with Gasteiger partial charge in [-0.1, -0.05) is 0 Å². The van der Waals surface area contributed by atoms with Gasteiger partial charge in [0.2, 0.25) is 5.88 Å². The number of hydrogen-bond acceptors (Lipinski definition) is 6. The van der Waals surface area contributed by atoms with Crippen molar-refractivity contribution in [3.63, 3.8) is 0 Å². The van der Waals surface area contributed by atoms with E-state index in [-0.39, 0.29) is 17.6 Å². The summed E-state index contributed by atoms with van der Waals surface area (Å²) in [5.41, 5.74) is 1.27. The molecule has 0 N–H and O–H groups in total. The number of carbonyl (C=O) groups excluding carboxylic acids is 1. The fraction of sp³-hybridized carbons (Fsp3) is 0.579. The summed E-state index contributed by atoms with van der Waals surface area (Å²) in [6, 6.07) is 1.84. The second kappa shape index (κ2) is 7.26. The minimum absolute atomic E-state index is 0.00304. The van der Waals surface area contributed by atoms with Crippen molar-refractivity contribution in [3.05, 3.63) is 36.0 Å². The third-order valence-electron chi connectivity index (χ3n) is 5.57. The van der Waals surface area contributed by atoms with Gasteiger partial charge >= 0.3 is 0 Å². The highest BCUT2D eigenvalue weighted by atomic mass is 16.5. The highest BCUT2D eigenvalue weighted by Crippen LogP contribution is 2.36. The van der Waals surface area contributed by atoms with Crippen LogP contribution in [0.4, 0.5) is 0 Å². The summed E-state index contributed by atoms with van der Waals surface area (Å²) in [6.07, 6.45) is 8.24. The van der Waals surface area contributed by atoms with Crippen molar-refractivity contribution in [3.8, 4) is 5.88 Å². The maximum absolute atomic E-state index is 12.7. The Balaban J connectivity index is 1.36. The highest BCUT2D eigenvalue weighted by molar-refractivity contribution is 5.92. The van der Waals surface area contributed by atoms with Gasteiger partial charge in [0.1, 0.15) is 6.10 Å². The first-order chi connectivity index (χ1) is 13.0. The van der Waals surface area contributed by atoms with Gasteiger partial charge in [0, 0.05) is 51.1 Å². The number of amides is 1. The number of rotatable bonds is 3.